The van der Waals surface area contributed by atoms with Gasteiger partial charge in [0.25, 0.3) is 5.56 Å². The number of aromatic nitrogens is 4. The second-order valence-electron chi connectivity index (χ2n) is 7.38. The van der Waals surface area contributed by atoms with Gasteiger partial charge in [-0.3, -0.25) is 9.36 Å². The van der Waals surface area contributed by atoms with Crippen LogP contribution in [-0.4, -0.2) is 32.8 Å². The van der Waals surface area contributed by atoms with Gasteiger partial charge in [0.05, 0.1) is 24.7 Å². The Hall–Kier alpha value is -2.55. The SMILES string of the molecule is O=c1c2c(ncn1Cc1nc([C@@H]3CO[C@@H](c4ccc(Cl)cc4)C3)no1)CNCC2. The number of benzene rings is 1. The van der Waals surface area contributed by atoms with Crippen molar-refractivity contribution in [2.24, 2.45) is 0 Å². The Labute approximate surface area is 171 Å². The van der Waals surface area contributed by atoms with Crippen molar-refractivity contribution >= 4 is 11.6 Å². The van der Waals surface area contributed by atoms with Crippen molar-refractivity contribution < 1.29 is 9.26 Å². The molecule has 0 spiro atoms. The molecule has 2 atom stereocenters. The molecule has 0 aliphatic carbocycles. The van der Waals surface area contributed by atoms with Crippen LogP contribution in [0.4, 0.5) is 0 Å². The summed E-state index contributed by atoms with van der Waals surface area (Å²) < 4.78 is 12.9. The molecule has 2 aliphatic rings. The van der Waals surface area contributed by atoms with Crippen molar-refractivity contribution in [3.05, 3.63) is 74.5 Å². The molecule has 1 N–H and O–H groups in total. The van der Waals surface area contributed by atoms with E-state index in [9.17, 15) is 4.79 Å². The number of hydrogen-bond donors (Lipinski definition) is 1. The average molecular weight is 414 g/mol. The first-order chi connectivity index (χ1) is 14.2. The Balaban J connectivity index is 1.29. The number of nitrogens with zero attached hydrogens (tertiary/aromatic N) is 4. The maximum Gasteiger partial charge on any atom is 0.257 e. The first-order valence-electron chi connectivity index (χ1n) is 9.65. The summed E-state index contributed by atoms with van der Waals surface area (Å²) in [6, 6.07) is 7.67. The molecule has 0 bridgehead atoms. The Bertz CT molecular complexity index is 1080. The van der Waals surface area contributed by atoms with Crippen molar-refractivity contribution in [2.75, 3.05) is 13.2 Å². The van der Waals surface area contributed by atoms with Gasteiger partial charge < -0.3 is 14.6 Å². The van der Waals surface area contributed by atoms with E-state index in [4.69, 9.17) is 20.9 Å². The van der Waals surface area contributed by atoms with Crippen molar-refractivity contribution in [1.82, 2.24) is 25.0 Å². The van der Waals surface area contributed by atoms with E-state index in [0.717, 1.165) is 29.8 Å². The van der Waals surface area contributed by atoms with Crippen molar-refractivity contribution in [3.8, 4) is 0 Å². The highest BCUT2D eigenvalue weighted by Gasteiger charge is 2.31. The minimum atomic E-state index is -0.0387. The summed E-state index contributed by atoms with van der Waals surface area (Å²) in [6.07, 6.45) is 2.99. The number of hydrogen-bond acceptors (Lipinski definition) is 7. The monoisotopic (exact) mass is 413 g/mol. The molecule has 0 radical (unpaired) electrons. The number of ether oxygens (including phenoxy) is 1. The fourth-order valence-corrected chi connectivity index (χ4v) is 3.99. The fraction of sp³-hybridized carbons (Fsp3) is 0.400. The van der Waals surface area contributed by atoms with Crippen LogP contribution in [0.5, 0.6) is 0 Å². The molecule has 0 unspecified atom stereocenters. The molecule has 150 valence electrons. The zero-order chi connectivity index (χ0) is 19.8. The first kappa shape index (κ1) is 18.5. The number of rotatable bonds is 4. The van der Waals surface area contributed by atoms with E-state index in [1.807, 2.05) is 24.3 Å². The standard InChI is InChI=1S/C20H20ClN5O3/c21-14-3-1-12(2-4-14)17-7-13(10-28-17)19-24-18(29-25-19)9-26-11-23-16-8-22-6-5-15(16)20(26)27/h1-4,11,13,17,22H,5-10H2/t13-,17+/m0/s1. The van der Waals surface area contributed by atoms with Gasteiger partial charge in [-0.1, -0.05) is 28.9 Å². The lowest BCUT2D eigenvalue weighted by atomic mass is 10.0. The number of fused-ring (bicyclic) bond motifs is 1. The molecule has 2 aliphatic heterocycles. The van der Waals surface area contributed by atoms with Crippen molar-refractivity contribution in [2.45, 2.75) is 38.0 Å². The maximum atomic E-state index is 12.7. The van der Waals surface area contributed by atoms with Gasteiger partial charge in [0.1, 0.15) is 6.54 Å². The van der Waals surface area contributed by atoms with Crippen LogP contribution in [0.15, 0.2) is 39.9 Å². The Morgan fingerprint density at radius 1 is 1.28 bits per heavy atom. The van der Waals surface area contributed by atoms with E-state index in [1.54, 1.807) is 6.33 Å². The van der Waals surface area contributed by atoms with Gasteiger partial charge in [0.2, 0.25) is 5.89 Å². The van der Waals surface area contributed by atoms with E-state index in [2.05, 4.69) is 20.4 Å². The minimum Gasteiger partial charge on any atom is -0.373 e. The third-order valence-electron chi connectivity index (χ3n) is 5.46. The summed E-state index contributed by atoms with van der Waals surface area (Å²) in [4.78, 5) is 21.6. The van der Waals surface area contributed by atoms with E-state index >= 15 is 0 Å². The second kappa shape index (κ2) is 7.70. The van der Waals surface area contributed by atoms with Crippen LogP contribution in [-0.2, 0) is 24.2 Å². The molecule has 0 amide bonds. The Morgan fingerprint density at radius 3 is 3.00 bits per heavy atom. The van der Waals surface area contributed by atoms with Gasteiger partial charge >= 0.3 is 0 Å². The molecule has 1 fully saturated rings. The van der Waals surface area contributed by atoms with Crippen molar-refractivity contribution in [3.63, 3.8) is 0 Å². The summed E-state index contributed by atoms with van der Waals surface area (Å²) in [5, 5.41) is 8.04. The van der Waals surface area contributed by atoms with Crippen LogP contribution in [0.25, 0.3) is 0 Å². The second-order valence-corrected chi connectivity index (χ2v) is 7.82. The summed E-state index contributed by atoms with van der Waals surface area (Å²) in [6.45, 7) is 2.16. The molecule has 3 aromatic rings. The van der Waals surface area contributed by atoms with E-state index in [1.165, 1.54) is 4.57 Å². The molecular weight excluding hydrogens is 394 g/mol. The van der Waals surface area contributed by atoms with Crippen LogP contribution in [0, 0.1) is 0 Å². The topological polar surface area (TPSA) is 95.1 Å². The van der Waals surface area contributed by atoms with Gasteiger partial charge in [-0.15, -0.1) is 0 Å². The summed E-state index contributed by atoms with van der Waals surface area (Å²) in [5.74, 6) is 1.06. The van der Waals surface area contributed by atoms with Crippen LogP contribution >= 0.6 is 11.6 Å². The van der Waals surface area contributed by atoms with Crippen molar-refractivity contribution in [1.29, 1.82) is 0 Å². The molecular formula is C20H20ClN5O3. The smallest absolute Gasteiger partial charge is 0.257 e. The van der Waals surface area contributed by atoms with Gasteiger partial charge in [-0.25, -0.2) is 4.98 Å². The van der Waals surface area contributed by atoms with Gasteiger partial charge in [-0.05, 0) is 37.1 Å². The van der Waals surface area contributed by atoms with Crippen LogP contribution in [0.3, 0.4) is 0 Å². The number of nitrogens with one attached hydrogen (secondary N) is 1. The molecule has 29 heavy (non-hydrogen) atoms. The first-order valence-corrected chi connectivity index (χ1v) is 10.0. The summed E-state index contributed by atoms with van der Waals surface area (Å²) in [7, 11) is 0. The highest BCUT2D eigenvalue weighted by molar-refractivity contribution is 6.30. The van der Waals surface area contributed by atoms with Gasteiger partial charge in [-0.2, -0.15) is 4.98 Å². The van der Waals surface area contributed by atoms with Crippen LogP contribution in [0.1, 0.15) is 47.0 Å². The summed E-state index contributed by atoms with van der Waals surface area (Å²) in [5.41, 5.74) is 2.63. The summed E-state index contributed by atoms with van der Waals surface area (Å²) >= 11 is 5.96. The molecule has 2 aromatic heterocycles. The molecule has 9 heteroatoms. The van der Waals surface area contributed by atoms with E-state index in [-0.39, 0.29) is 24.1 Å². The lowest BCUT2D eigenvalue weighted by Gasteiger charge is -2.16. The fourth-order valence-electron chi connectivity index (χ4n) is 3.86. The molecule has 1 aromatic carbocycles. The zero-order valence-electron chi connectivity index (χ0n) is 15.7. The van der Waals surface area contributed by atoms with E-state index < -0.39 is 0 Å². The average Bonchev–Trinajstić information content (AvgIpc) is 3.41. The maximum absolute atomic E-state index is 12.7. The Kier molecular flexibility index (Phi) is 4.91. The van der Waals surface area contributed by atoms with E-state index in [0.29, 0.717) is 36.3 Å². The highest BCUT2D eigenvalue weighted by atomic mass is 35.5. The molecule has 8 nitrogen and oxygen atoms in total. The van der Waals surface area contributed by atoms with Crippen LogP contribution < -0.4 is 10.9 Å². The van der Waals surface area contributed by atoms with Crippen LogP contribution in [0.2, 0.25) is 5.02 Å². The van der Waals surface area contributed by atoms with Gasteiger partial charge in [0, 0.05) is 23.0 Å². The predicted octanol–water partition coefficient (Wildman–Crippen LogP) is 2.22. The predicted molar refractivity (Wildman–Crippen MR) is 105 cm³/mol. The van der Waals surface area contributed by atoms with Gasteiger partial charge in [0.15, 0.2) is 5.82 Å². The lowest BCUT2D eigenvalue weighted by molar-refractivity contribution is 0.110. The quantitative estimate of drug-likeness (QED) is 0.700. The number of halogens is 1. The third kappa shape index (κ3) is 3.71. The highest BCUT2D eigenvalue weighted by Crippen LogP contribution is 2.37. The molecule has 0 saturated carbocycles. The Morgan fingerprint density at radius 2 is 2.14 bits per heavy atom. The molecule has 5 rings (SSSR count). The normalized spacial score (nSPS) is 21.3. The molecule has 1 saturated heterocycles. The lowest BCUT2D eigenvalue weighted by Crippen LogP contribution is -2.34. The minimum absolute atomic E-state index is 0.0136. The zero-order valence-corrected chi connectivity index (χ0v) is 16.4. The third-order valence-corrected chi connectivity index (χ3v) is 5.71. The largest absolute Gasteiger partial charge is 0.373 e. The molecule has 4 heterocycles.